The Hall–Kier alpha value is -3.07. The van der Waals surface area contributed by atoms with Gasteiger partial charge in [-0.15, -0.1) is 0 Å². The molecule has 2 heterocycles. The smallest absolute Gasteiger partial charge is 0.417 e. The lowest BCUT2D eigenvalue weighted by Gasteiger charge is -2.24. The molecule has 2 unspecified atom stereocenters. The van der Waals surface area contributed by atoms with E-state index < -0.39 is 23.2 Å². The maximum Gasteiger partial charge on any atom is 0.417 e. The second kappa shape index (κ2) is 10.6. The third kappa shape index (κ3) is 6.67. The van der Waals surface area contributed by atoms with Crippen molar-refractivity contribution in [3.63, 3.8) is 0 Å². The first kappa shape index (κ1) is 28.0. The highest BCUT2D eigenvalue weighted by Crippen LogP contribution is 2.35. The summed E-state index contributed by atoms with van der Waals surface area (Å²) >= 11 is 3.49. The number of carbonyl (C=O) groups is 3. The van der Waals surface area contributed by atoms with Crippen LogP contribution in [-0.2, 0) is 16.0 Å². The minimum absolute atomic E-state index is 0.0194. The number of hydrogen-bond donors (Lipinski definition) is 0. The Labute approximate surface area is 232 Å². The summed E-state index contributed by atoms with van der Waals surface area (Å²) < 4.78 is 18.2. The summed E-state index contributed by atoms with van der Waals surface area (Å²) in [7, 11) is 0. The zero-order valence-corrected chi connectivity index (χ0v) is 24.3. The van der Waals surface area contributed by atoms with Gasteiger partial charge < -0.3 is 19.1 Å². The summed E-state index contributed by atoms with van der Waals surface area (Å²) in [6.45, 7) is 12.4. The SMILES string of the molecule is CC(C)(C)OC(=O)N1CC(COc2ccc3c(c2)C(=O)N(C(=O)OC(C)(C)C)C3)C(c2ccc(Br)cc2)C1. The summed E-state index contributed by atoms with van der Waals surface area (Å²) in [6, 6.07) is 13.4. The van der Waals surface area contributed by atoms with Crippen LogP contribution in [0.1, 0.15) is 68.9 Å². The molecule has 0 bridgehead atoms. The summed E-state index contributed by atoms with van der Waals surface area (Å²) in [5.74, 6) is 0.220. The lowest BCUT2D eigenvalue weighted by Crippen LogP contribution is -2.36. The molecule has 0 radical (unpaired) electrons. The number of nitrogens with zero attached hydrogens (tertiary/aromatic N) is 2. The third-order valence-electron chi connectivity index (χ3n) is 6.35. The third-order valence-corrected chi connectivity index (χ3v) is 6.88. The van der Waals surface area contributed by atoms with E-state index >= 15 is 0 Å². The number of imide groups is 1. The maximum absolute atomic E-state index is 12.9. The first-order valence-electron chi connectivity index (χ1n) is 12.7. The van der Waals surface area contributed by atoms with Gasteiger partial charge in [0.1, 0.15) is 17.0 Å². The number of rotatable bonds is 4. The zero-order chi connectivity index (χ0) is 27.8. The number of hydrogen-bond acceptors (Lipinski definition) is 6. The average Bonchev–Trinajstić information content (AvgIpc) is 3.38. The van der Waals surface area contributed by atoms with E-state index in [9.17, 15) is 14.4 Å². The Bertz CT molecular complexity index is 1220. The predicted molar refractivity (Wildman–Crippen MR) is 146 cm³/mol. The molecule has 0 N–H and O–H groups in total. The Morgan fingerprint density at radius 3 is 2.18 bits per heavy atom. The molecule has 2 aliphatic rings. The monoisotopic (exact) mass is 586 g/mol. The Balaban J connectivity index is 1.47. The molecule has 2 atom stereocenters. The fourth-order valence-electron chi connectivity index (χ4n) is 4.64. The van der Waals surface area contributed by atoms with Crippen molar-refractivity contribution in [2.75, 3.05) is 19.7 Å². The van der Waals surface area contributed by atoms with Gasteiger partial charge in [-0.2, -0.15) is 0 Å². The molecule has 0 spiro atoms. The van der Waals surface area contributed by atoms with Gasteiger partial charge in [0, 0.05) is 35.0 Å². The number of likely N-dealkylation sites (tertiary alicyclic amines) is 1. The lowest BCUT2D eigenvalue weighted by molar-refractivity contribution is 0.0243. The molecule has 1 fully saturated rings. The van der Waals surface area contributed by atoms with Crippen LogP contribution in [0, 0.1) is 5.92 Å². The Kier molecular flexibility index (Phi) is 7.79. The van der Waals surface area contributed by atoms with Crippen LogP contribution < -0.4 is 4.74 Å². The van der Waals surface area contributed by atoms with Crippen molar-refractivity contribution in [3.8, 4) is 5.75 Å². The molecule has 1 saturated heterocycles. The molecule has 0 aliphatic carbocycles. The molecule has 2 aliphatic heterocycles. The highest BCUT2D eigenvalue weighted by atomic mass is 79.9. The van der Waals surface area contributed by atoms with Crippen LogP contribution in [0.4, 0.5) is 9.59 Å². The van der Waals surface area contributed by atoms with Crippen molar-refractivity contribution in [2.24, 2.45) is 5.92 Å². The number of ether oxygens (including phenoxy) is 3. The van der Waals surface area contributed by atoms with E-state index in [1.807, 2.05) is 32.9 Å². The highest BCUT2D eigenvalue weighted by Gasteiger charge is 2.39. The number of carbonyl (C=O) groups excluding carboxylic acids is 3. The van der Waals surface area contributed by atoms with E-state index in [2.05, 4.69) is 28.1 Å². The number of amides is 3. The van der Waals surface area contributed by atoms with Gasteiger partial charge in [-0.05, 0) is 76.9 Å². The molecule has 2 aromatic rings. The summed E-state index contributed by atoms with van der Waals surface area (Å²) in [4.78, 5) is 41.1. The van der Waals surface area contributed by atoms with E-state index in [-0.39, 0.29) is 24.5 Å². The summed E-state index contributed by atoms with van der Waals surface area (Å²) in [5.41, 5.74) is 1.02. The fourth-order valence-corrected chi connectivity index (χ4v) is 4.91. The maximum atomic E-state index is 12.9. The Morgan fingerprint density at radius 1 is 0.921 bits per heavy atom. The van der Waals surface area contributed by atoms with Crippen molar-refractivity contribution in [1.29, 1.82) is 0 Å². The molecule has 38 heavy (non-hydrogen) atoms. The number of benzene rings is 2. The molecule has 0 saturated carbocycles. The Morgan fingerprint density at radius 2 is 1.55 bits per heavy atom. The van der Waals surface area contributed by atoms with Crippen LogP contribution in [0.3, 0.4) is 0 Å². The van der Waals surface area contributed by atoms with Crippen LogP contribution in [-0.4, -0.2) is 58.8 Å². The quantitative estimate of drug-likeness (QED) is 0.414. The molecule has 204 valence electrons. The average molecular weight is 588 g/mol. The second-order valence-electron chi connectivity index (χ2n) is 11.8. The topological polar surface area (TPSA) is 85.4 Å². The summed E-state index contributed by atoms with van der Waals surface area (Å²) in [5, 5.41) is 0. The highest BCUT2D eigenvalue weighted by molar-refractivity contribution is 9.10. The molecule has 2 aromatic carbocycles. The van der Waals surface area contributed by atoms with Crippen molar-refractivity contribution in [3.05, 3.63) is 63.6 Å². The molecule has 3 amide bonds. The molecule has 4 rings (SSSR count). The van der Waals surface area contributed by atoms with Crippen LogP contribution >= 0.6 is 15.9 Å². The largest absolute Gasteiger partial charge is 0.493 e. The van der Waals surface area contributed by atoms with E-state index in [1.54, 1.807) is 43.9 Å². The predicted octanol–water partition coefficient (Wildman–Crippen LogP) is 6.37. The number of fused-ring (bicyclic) bond motifs is 1. The minimum Gasteiger partial charge on any atom is -0.493 e. The van der Waals surface area contributed by atoms with Gasteiger partial charge in [-0.25, -0.2) is 14.5 Å². The van der Waals surface area contributed by atoms with E-state index in [4.69, 9.17) is 14.2 Å². The zero-order valence-electron chi connectivity index (χ0n) is 22.7. The van der Waals surface area contributed by atoms with Gasteiger partial charge in [-0.3, -0.25) is 4.79 Å². The van der Waals surface area contributed by atoms with Crippen LogP contribution in [0.25, 0.3) is 0 Å². The van der Waals surface area contributed by atoms with Crippen molar-refractivity contribution >= 4 is 34.0 Å². The molecule has 8 nitrogen and oxygen atoms in total. The normalized spacial score (nSPS) is 19.4. The molecular formula is C29H35BrN2O6. The standard InChI is InChI=1S/C29H35BrN2O6/c1-28(2,3)37-26(34)31-14-20(24(16-31)18-7-10-21(30)11-8-18)17-36-22-12-9-19-15-32(25(33)23(19)13-22)27(35)38-29(4,5)6/h7-13,20,24H,14-17H2,1-6H3. The van der Waals surface area contributed by atoms with Crippen LogP contribution in [0.2, 0.25) is 0 Å². The number of halogens is 1. The van der Waals surface area contributed by atoms with Gasteiger partial charge in [-0.1, -0.05) is 34.1 Å². The fraction of sp³-hybridized carbons (Fsp3) is 0.483. The molecule has 9 heteroatoms. The van der Waals surface area contributed by atoms with E-state index in [0.29, 0.717) is 31.0 Å². The van der Waals surface area contributed by atoms with E-state index in [1.165, 1.54) is 0 Å². The van der Waals surface area contributed by atoms with Gasteiger partial charge >= 0.3 is 12.2 Å². The first-order chi connectivity index (χ1) is 17.7. The van der Waals surface area contributed by atoms with Crippen molar-refractivity contribution in [1.82, 2.24) is 9.80 Å². The van der Waals surface area contributed by atoms with E-state index in [0.717, 1.165) is 20.5 Å². The van der Waals surface area contributed by atoms with Crippen molar-refractivity contribution < 1.29 is 28.6 Å². The van der Waals surface area contributed by atoms with Crippen LogP contribution in [0.5, 0.6) is 5.75 Å². The minimum atomic E-state index is -0.694. The van der Waals surface area contributed by atoms with Crippen LogP contribution in [0.15, 0.2) is 46.9 Å². The van der Waals surface area contributed by atoms with Gasteiger partial charge in [0.25, 0.3) is 5.91 Å². The second-order valence-corrected chi connectivity index (χ2v) is 12.7. The lowest BCUT2D eigenvalue weighted by atomic mass is 9.89. The van der Waals surface area contributed by atoms with Crippen molar-refractivity contribution in [2.45, 2.75) is 65.2 Å². The molecule has 0 aromatic heterocycles. The van der Waals surface area contributed by atoms with Gasteiger partial charge in [0.05, 0.1) is 13.2 Å². The van der Waals surface area contributed by atoms with Gasteiger partial charge in [0.15, 0.2) is 0 Å². The molecular weight excluding hydrogens is 552 g/mol. The van der Waals surface area contributed by atoms with Gasteiger partial charge in [0.2, 0.25) is 0 Å². The summed E-state index contributed by atoms with van der Waals surface area (Å²) in [6.07, 6.45) is -1.00. The first-order valence-corrected chi connectivity index (χ1v) is 13.5.